The van der Waals surface area contributed by atoms with Crippen LogP contribution in [0.5, 0.6) is 0 Å². The molecule has 1 fully saturated rings. The van der Waals surface area contributed by atoms with Crippen LogP contribution in [0.25, 0.3) is 0 Å². The van der Waals surface area contributed by atoms with Gasteiger partial charge >= 0.3 is 5.51 Å². The van der Waals surface area contributed by atoms with Crippen molar-refractivity contribution in [1.82, 2.24) is 4.98 Å². The Morgan fingerprint density at radius 1 is 1.17 bits per heavy atom. The van der Waals surface area contributed by atoms with E-state index in [1.165, 1.54) is 6.20 Å². The summed E-state index contributed by atoms with van der Waals surface area (Å²) in [5.74, 6) is -0.398. The summed E-state index contributed by atoms with van der Waals surface area (Å²) in [6.45, 7) is 1.05. The Kier molecular flexibility index (Phi) is 5.66. The van der Waals surface area contributed by atoms with Crippen LogP contribution in [0.15, 0.2) is 41.4 Å². The largest absolute Gasteiger partial charge is 0.501 e. The molecule has 2 aromatic rings. The second-order valence-corrected chi connectivity index (χ2v) is 8.42. The highest BCUT2D eigenvalue weighted by atomic mass is 32.2. The maximum atomic E-state index is 13.4. The summed E-state index contributed by atoms with van der Waals surface area (Å²) in [7, 11) is -5.69. The van der Waals surface area contributed by atoms with Crippen LogP contribution in [-0.2, 0) is 9.84 Å². The molecule has 0 spiro atoms. The lowest BCUT2D eigenvalue weighted by Gasteiger charge is -2.34. The monoisotopic (exact) mass is 428 g/mol. The van der Waals surface area contributed by atoms with E-state index in [9.17, 15) is 26.0 Å². The molecule has 1 aromatic carbocycles. The van der Waals surface area contributed by atoms with Gasteiger partial charge in [0.2, 0.25) is 0 Å². The minimum Gasteiger partial charge on any atom is -0.381 e. The van der Waals surface area contributed by atoms with Crippen molar-refractivity contribution < 1.29 is 26.0 Å². The van der Waals surface area contributed by atoms with Gasteiger partial charge in [-0.25, -0.2) is 17.8 Å². The molecule has 0 radical (unpaired) electrons. The van der Waals surface area contributed by atoms with Crippen LogP contribution in [0.3, 0.4) is 0 Å². The molecule has 1 aliphatic rings. The molecular weight excluding hydrogens is 412 g/mol. The molecule has 2 heterocycles. The van der Waals surface area contributed by atoms with E-state index in [0.29, 0.717) is 43.4 Å². The number of aromatic nitrogens is 1. The van der Waals surface area contributed by atoms with Gasteiger partial charge in [-0.05, 0) is 43.2 Å². The third-order valence-corrected chi connectivity index (χ3v) is 6.12. The van der Waals surface area contributed by atoms with Gasteiger partial charge in [0.05, 0.1) is 11.3 Å². The molecular formula is C18H16F4N4O2S. The number of nitriles is 1. The normalized spacial score (nSPS) is 15.8. The molecule has 1 N–H and O–H groups in total. The first-order valence-electron chi connectivity index (χ1n) is 8.60. The molecule has 0 atom stereocenters. The van der Waals surface area contributed by atoms with E-state index < -0.39 is 26.1 Å². The Balaban J connectivity index is 1.73. The number of pyridine rings is 1. The van der Waals surface area contributed by atoms with Crippen LogP contribution >= 0.6 is 0 Å². The van der Waals surface area contributed by atoms with Gasteiger partial charge in [0.15, 0.2) is 0 Å². The van der Waals surface area contributed by atoms with Crippen LogP contribution < -0.4 is 10.2 Å². The summed E-state index contributed by atoms with van der Waals surface area (Å²) in [6, 6.07) is 7.32. The van der Waals surface area contributed by atoms with Gasteiger partial charge in [-0.1, -0.05) is 0 Å². The summed E-state index contributed by atoms with van der Waals surface area (Å²) >= 11 is 0. The zero-order chi connectivity index (χ0) is 21.2. The second kappa shape index (κ2) is 7.87. The molecule has 0 bridgehead atoms. The van der Waals surface area contributed by atoms with Crippen molar-refractivity contribution in [3.63, 3.8) is 0 Å². The molecule has 29 heavy (non-hydrogen) atoms. The molecule has 0 amide bonds. The molecule has 0 unspecified atom stereocenters. The summed E-state index contributed by atoms with van der Waals surface area (Å²) in [5, 5.41) is 11.6. The van der Waals surface area contributed by atoms with E-state index >= 15 is 0 Å². The number of sulfone groups is 1. The van der Waals surface area contributed by atoms with Gasteiger partial charge < -0.3 is 10.2 Å². The predicted molar refractivity (Wildman–Crippen MR) is 97.5 cm³/mol. The quantitative estimate of drug-likeness (QED) is 0.751. The number of halogens is 4. The minimum atomic E-state index is -5.69. The number of nitrogens with one attached hydrogen (secondary N) is 1. The van der Waals surface area contributed by atoms with Crippen LogP contribution in [0.2, 0.25) is 0 Å². The van der Waals surface area contributed by atoms with Gasteiger partial charge in [-0.2, -0.15) is 18.4 Å². The first-order valence-corrected chi connectivity index (χ1v) is 10.1. The molecule has 3 rings (SSSR count). The van der Waals surface area contributed by atoms with Crippen LogP contribution in [-0.4, -0.2) is 38.0 Å². The third-order valence-electron chi connectivity index (χ3n) is 4.59. The Labute approximate surface area is 164 Å². The minimum absolute atomic E-state index is 0.279. The number of rotatable bonds is 4. The van der Waals surface area contributed by atoms with Crippen molar-refractivity contribution >= 4 is 21.3 Å². The van der Waals surface area contributed by atoms with Gasteiger partial charge in [-0.15, -0.1) is 0 Å². The highest BCUT2D eigenvalue weighted by Gasteiger charge is 2.48. The van der Waals surface area contributed by atoms with E-state index in [2.05, 4.69) is 10.3 Å². The average molecular weight is 428 g/mol. The highest BCUT2D eigenvalue weighted by molar-refractivity contribution is 7.92. The first-order chi connectivity index (χ1) is 13.6. The molecule has 0 saturated carbocycles. The molecule has 1 saturated heterocycles. The Bertz CT molecular complexity index is 1030. The topological polar surface area (TPSA) is 86.1 Å². The van der Waals surface area contributed by atoms with Crippen molar-refractivity contribution in [2.45, 2.75) is 29.3 Å². The fraction of sp³-hybridized carbons (Fsp3) is 0.333. The number of benzene rings is 1. The summed E-state index contributed by atoms with van der Waals surface area (Å²) in [6.07, 6.45) is 2.46. The van der Waals surface area contributed by atoms with E-state index in [1.54, 1.807) is 12.1 Å². The van der Waals surface area contributed by atoms with E-state index in [4.69, 9.17) is 5.26 Å². The number of alkyl halides is 3. The van der Waals surface area contributed by atoms with Gasteiger partial charge in [0.1, 0.15) is 22.6 Å². The highest BCUT2D eigenvalue weighted by Crippen LogP contribution is 2.35. The van der Waals surface area contributed by atoms with Crippen molar-refractivity contribution in [1.29, 1.82) is 5.26 Å². The van der Waals surface area contributed by atoms with Crippen molar-refractivity contribution in [2.24, 2.45) is 0 Å². The van der Waals surface area contributed by atoms with Gasteiger partial charge in [-0.3, -0.25) is 0 Å². The number of hydrogen-bond donors (Lipinski definition) is 1. The summed E-state index contributed by atoms with van der Waals surface area (Å²) in [5.41, 5.74) is -5.37. The van der Waals surface area contributed by atoms with Crippen molar-refractivity contribution in [3.8, 4) is 6.07 Å². The summed E-state index contributed by atoms with van der Waals surface area (Å²) in [4.78, 5) is 5.03. The molecule has 1 aliphatic heterocycles. The maximum absolute atomic E-state index is 13.4. The number of hydrogen-bond acceptors (Lipinski definition) is 6. The Morgan fingerprint density at radius 2 is 1.86 bits per heavy atom. The lowest BCUT2D eigenvalue weighted by atomic mass is 10.0. The predicted octanol–water partition coefficient (Wildman–Crippen LogP) is 3.47. The van der Waals surface area contributed by atoms with E-state index in [-0.39, 0.29) is 11.7 Å². The van der Waals surface area contributed by atoms with Crippen molar-refractivity contribution in [3.05, 3.63) is 47.9 Å². The van der Waals surface area contributed by atoms with E-state index in [0.717, 1.165) is 12.1 Å². The van der Waals surface area contributed by atoms with Gasteiger partial charge in [0.25, 0.3) is 9.84 Å². The fourth-order valence-corrected chi connectivity index (χ4v) is 4.01. The SMILES string of the molecule is N#Cc1ccc(N2CCC(Nc3ccc(F)cc3S(=O)(=O)C(F)(F)F)CC2)nc1. The summed E-state index contributed by atoms with van der Waals surface area (Å²) < 4.78 is 75.8. The number of piperidine rings is 1. The standard InChI is InChI=1S/C18H16F4N4O2S/c19-13-2-3-15(16(9-13)29(27,28)18(20,21)22)25-14-5-7-26(8-6-14)17-4-1-12(10-23)11-24-17/h1-4,9,11,14,25H,5-8H2. The lowest BCUT2D eigenvalue weighted by Crippen LogP contribution is -2.39. The molecule has 1 aromatic heterocycles. The zero-order valence-corrected chi connectivity index (χ0v) is 15.8. The number of anilines is 2. The molecule has 154 valence electrons. The fourth-order valence-electron chi connectivity index (χ4n) is 3.07. The Morgan fingerprint density at radius 3 is 2.41 bits per heavy atom. The first kappa shape index (κ1) is 20.9. The second-order valence-electron chi connectivity index (χ2n) is 6.51. The lowest BCUT2D eigenvalue weighted by molar-refractivity contribution is -0.0435. The third kappa shape index (κ3) is 4.42. The van der Waals surface area contributed by atoms with Crippen LogP contribution in [0, 0.1) is 17.1 Å². The molecule has 11 heteroatoms. The average Bonchev–Trinajstić information content (AvgIpc) is 2.69. The number of nitrogens with zero attached hydrogens (tertiary/aromatic N) is 3. The van der Waals surface area contributed by atoms with Crippen molar-refractivity contribution in [2.75, 3.05) is 23.3 Å². The van der Waals surface area contributed by atoms with Gasteiger partial charge in [0, 0.05) is 25.3 Å². The van der Waals surface area contributed by atoms with E-state index in [1.807, 2.05) is 11.0 Å². The molecule has 6 nitrogen and oxygen atoms in total. The maximum Gasteiger partial charge on any atom is 0.501 e. The van der Waals surface area contributed by atoms with Crippen LogP contribution in [0.1, 0.15) is 18.4 Å². The smallest absolute Gasteiger partial charge is 0.381 e. The molecule has 0 aliphatic carbocycles. The Hall–Kier alpha value is -2.87. The van der Waals surface area contributed by atoms with Crippen LogP contribution in [0.4, 0.5) is 29.1 Å². The zero-order valence-electron chi connectivity index (χ0n) is 14.9.